The largest absolute Gasteiger partial charge is 0.397 e. The zero-order chi connectivity index (χ0) is 13.2. The van der Waals surface area contributed by atoms with Gasteiger partial charge >= 0.3 is 0 Å². The molecule has 1 fully saturated rings. The van der Waals surface area contributed by atoms with Gasteiger partial charge in [-0.3, -0.25) is 0 Å². The Morgan fingerprint density at radius 2 is 2.00 bits per heavy atom. The molecule has 1 aliphatic rings. The molecule has 0 heterocycles. The van der Waals surface area contributed by atoms with Crippen LogP contribution in [0.15, 0.2) is 18.2 Å². The van der Waals surface area contributed by atoms with Gasteiger partial charge in [-0.25, -0.2) is 0 Å². The number of halogens is 1. The lowest BCUT2D eigenvalue weighted by Crippen LogP contribution is -2.30. The van der Waals surface area contributed by atoms with E-state index in [1.165, 1.54) is 25.7 Å². The quantitative estimate of drug-likeness (QED) is 0.785. The minimum absolute atomic E-state index is 0.322. The minimum atomic E-state index is 0.322. The highest BCUT2D eigenvalue weighted by Gasteiger charge is 2.31. The van der Waals surface area contributed by atoms with Gasteiger partial charge in [0.1, 0.15) is 0 Å². The molecule has 0 atom stereocenters. The van der Waals surface area contributed by atoms with Crippen LogP contribution in [-0.4, -0.2) is 6.54 Å². The van der Waals surface area contributed by atoms with Crippen LogP contribution in [-0.2, 0) is 0 Å². The number of nitrogens with one attached hydrogen (secondary N) is 1. The van der Waals surface area contributed by atoms with Gasteiger partial charge < -0.3 is 11.1 Å². The van der Waals surface area contributed by atoms with E-state index in [4.69, 9.17) is 17.3 Å². The lowest BCUT2D eigenvalue weighted by atomic mass is 9.77. The van der Waals surface area contributed by atoms with Gasteiger partial charge in [-0.15, -0.1) is 0 Å². The van der Waals surface area contributed by atoms with Gasteiger partial charge in [0, 0.05) is 11.6 Å². The van der Waals surface area contributed by atoms with Crippen molar-refractivity contribution in [3.05, 3.63) is 23.2 Å². The molecule has 0 aromatic heterocycles. The number of hydrogen-bond donors (Lipinski definition) is 2. The predicted molar refractivity (Wildman–Crippen MR) is 80.1 cm³/mol. The second kappa shape index (κ2) is 5.40. The van der Waals surface area contributed by atoms with Crippen LogP contribution in [0.4, 0.5) is 11.4 Å². The number of anilines is 2. The smallest absolute Gasteiger partial charge is 0.0575 e. The van der Waals surface area contributed by atoms with Crippen molar-refractivity contribution in [1.82, 2.24) is 0 Å². The SMILES string of the molecule is CC(C)(CNc1ccc(Cl)cc1N)C1CCCC1. The van der Waals surface area contributed by atoms with E-state index in [1.54, 1.807) is 6.07 Å². The third kappa shape index (κ3) is 3.11. The first-order valence-corrected chi connectivity index (χ1v) is 7.16. The van der Waals surface area contributed by atoms with Crippen molar-refractivity contribution in [2.75, 3.05) is 17.6 Å². The van der Waals surface area contributed by atoms with Gasteiger partial charge in [0.05, 0.1) is 11.4 Å². The molecular formula is C15H23ClN2. The highest BCUT2D eigenvalue weighted by Crippen LogP contribution is 2.39. The second-order valence-corrected chi connectivity index (χ2v) is 6.49. The van der Waals surface area contributed by atoms with Crippen LogP contribution in [0, 0.1) is 11.3 Å². The number of hydrogen-bond acceptors (Lipinski definition) is 2. The molecule has 3 N–H and O–H groups in total. The summed E-state index contributed by atoms with van der Waals surface area (Å²) in [5.74, 6) is 0.832. The summed E-state index contributed by atoms with van der Waals surface area (Å²) in [5, 5.41) is 4.16. The average molecular weight is 267 g/mol. The molecule has 1 aliphatic carbocycles. The maximum absolute atomic E-state index is 5.96. The molecule has 2 rings (SSSR count). The zero-order valence-corrected chi connectivity index (χ0v) is 12.1. The molecule has 3 heteroatoms. The summed E-state index contributed by atoms with van der Waals surface area (Å²) >= 11 is 5.90. The molecule has 1 saturated carbocycles. The third-order valence-corrected chi connectivity index (χ3v) is 4.44. The van der Waals surface area contributed by atoms with E-state index in [1.807, 2.05) is 12.1 Å². The lowest BCUT2D eigenvalue weighted by molar-refractivity contribution is 0.234. The monoisotopic (exact) mass is 266 g/mol. The van der Waals surface area contributed by atoms with Crippen LogP contribution in [0.3, 0.4) is 0 Å². The van der Waals surface area contributed by atoms with Crippen LogP contribution >= 0.6 is 11.6 Å². The fourth-order valence-corrected chi connectivity index (χ4v) is 3.05. The topological polar surface area (TPSA) is 38.0 Å². The molecule has 0 aliphatic heterocycles. The molecule has 0 radical (unpaired) electrons. The first kappa shape index (κ1) is 13.5. The van der Waals surface area contributed by atoms with Crippen molar-refractivity contribution >= 4 is 23.0 Å². The molecular weight excluding hydrogens is 244 g/mol. The number of nitrogens with two attached hydrogens (primary N) is 1. The Morgan fingerprint density at radius 1 is 1.33 bits per heavy atom. The van der Waals surface area contributed by atoms with Crippen molar-refractivity contribution in [3.8, 4) is 0 Å². The van der Waals surface area contributed by atoms with Crippen molar-refractivity contribution in [2.45, 2.75) is 39.5 Å². The molecule has 100 valence electrons. The van der Waals surface area contributed by atoms with Crippen LogP contribution in [0.1, 0.15) is 39.5 Å². The zero-order valence-electron chi connectivity index (χ0n) is 11.3. The Kier molecular flexibility index (Phi) is 4.06. The molecule has 0 bridgehead atoms. The van der Waals surface area contributed by atoms with Crippen molar-refractivity contribution < 1.29 is 0 Å². The van der Waals surface area contributed by atoms with Crippen molar-refractivity contribution in [2.24, 2.45) is 11.3 Å². The summed E-state index contributed by atoms with van der Waals surface area (Å²) in [4.78, 5) is 0. The first-order valence-electron chi connectivity index (χ1n) is 6.78. The maximum atomic E-state index is 5.96. The molecule has 2 nitrogen and oxygen atoms in total. The Morgan fingerprint density at radius 3 is 2.61 bits per heavy atom. The van der Waals surface area contributed by atoms with E-state index in [2.05, 4.69) is 19.2 Å². The third-order valence-electron chi connectivity index (χ3n) is 4.21. The summed E-state index contributed by atoms with van der Waals surface area (Å²) in [6, 6.07) is 5.64. The second-order valence-electron chi connectivity index (χ2n) is 6.06. The summed E-state index contributed by atoms with van der Waals surface area (Å²) < 4.78 is 0. The van der Waals surface area contributed by atoms with Gasteiger partial charge in [0.25, 0.3) is 0 Å². The molecule has 18 heavy (non-hydrogen) atoms. The van der Waals surface area contributed by atoms with E-state index in [-0.39, 0.29) is 0 Å². The Bertz CT molecular complexity index is 409. The Hall–Kier alpha value is -0.890. The Balaban J connectivity index is 1.97. The Labute approximate surface area is 115 Å². The minimum Gasteiger partial charge on any atom is -0.397 e. The van der Waals surface area contributed by atoms with E-state index >= 15 is 0 Å². The van der Waals surface area contributed by atoms with Gasteiger partial charge in [0.2, 0.25) is 0 Å². The summed E-state index contributed by atoms with van der Waals surface area (Å²) in [5.41, 5.74) is 8.00. The number of rotatable bonds is 4. The molecule has 0 spiro atoms. The number of nitrogen functional groups attached to an aromatic ring is 1. The van der Waals surface area contributed by atoms with Crippen LogP contribution < -0.4 is 11.1 Å². The highest BCUT2D eigenvalue weighted by molar-refractivity contribution is 6.31. The molecule has 0 saturated heterocycles. The fourth-order valence-electron chi connectivity index (χ4n) is 2.87. The van der Waals surface area contributed by atoms with Gasteiger partial charge in [-0.1, -0.05) is 38.3 Å². The lowest BCUT2D eigenvalue weighted by Gasteiger charge is -2.32. The van der Waals surface area contributed by atoms with Gasteiger partial charge in [0.15, 0.2) is 0 Å². The van der Waals surface area contributed by atoms with E-state index in [0.29, 0.717) is 10.4 Å². The van der Waals surface area contributed by atoms with Crippen molar-refractivity contribution in [1.29, 1.82) is 0 Å². The summed E-state index contributed by atoms with van der Waals surface area (Å²) in [6.45, 7) is 5.66. The van der Waals surface area contributed by atoms with Crippen molar-refractivity contribution in [3.63, 3.8) is 0 Å². The van der Waals surface area contributed by atoms with Crippen LogP contribution in [0.5, 0.6) is 0 Å². The molecule has 0 amide bonds. The number of benzene rings is 1. The van der Waals surface area contributed by atoms with Crippen LogP contribution in [0.2, 0.25) is 5.02 Å². The highest BCUT2D eigenvalue weighted by atomic mass is 35.5. The summed E-state index contributed by atoms with van der Waals surface area (Å²) in [7, 11) is 0. The normalized spacial score (nSPS) is 17.1. The van der Waals surface area contributed by atoms with Crippen LogP contribution in [0.25, 0.3) is 0 Å². The standard InChI is InChI=1S/C15H23ClN2/c1-15(2,11-5-3-4-6-11)10-18-14-8-7-12(16)9-13(14)17/h7-9,11,18H,3-6,10,17H2,1-2H3. The predicted octanol–water partition coefficient (Wildman–Crippen LogP) is 4.55. The summed E-state index contributed by atoms with van der Waals surface area (Å²) in [6.07, 6.45) is 5.50. The maximum Gasteiger partial charge on any atom is 0.0575 e. The van der Waals surface area contributed by atoms with E-state index in [0.717, 1.165) is 23.8 Å². The average Bonchev–Trinajstić information content (AvgIpc) is 2.82. The van der Waals surface area contributed by atoms with E-state index in [9.17, 15) is 0 Å². The van der Waals surface area contributed by atoms with Gasteiger partial charge in [-0.2, -0.15) is 0 Å². The molecule has 1 aromatic carbocycles. The fraction of sp³-hybridized carbons (Fsp3) is 0.600. The van der Waals surface area contributed by atoms with Gasteiger partial charge in [-0.05, 0) is 42.4 Å². The molecule has 0 unspecified atom stereocenters. The van der Waals surface area contributed by atoms with E-state index < -0.39 is 0 Å². The first-order chi connectivity index (χ1) is 8.49. The molecule has 1 aromatic rings.